The third-order valence-corrected chi connectivity index (χ3v) is 7.78. The number of likely N-dealkylation sites (N-methyl/N-ethyl adjacent to an activating group) is 1. The largest absolute Gasteiger partial charge is 0.481 e. The fourth-order valence-electron chi connectivity index (χ4n) is 4.69. The van der Waals surface area contributed by atoms with Crippen molar-refractivity contribution in [3.8, 4) is 21.8 Å². The molecule has 2 aromatic heterocycles. The SMILES string of the molecule is CC(C)(C)O.Cc1cc2nc(-c3ccnc(N4CCN(C)C[C@@H]4C)n3)sc2c(-c2ccc(Cl)cc2)c1CC(=O)O. The third kappa shape index (κ3) is 7.34. The van der Waals surface area contributed by atoms with E-state index in [0.29, 0.717) is 17.0 Å². The average Bonchev–Trinajstić information content (AvgIpc) is 3.27. The predicted molar refractivity (Wildman–Crippen MR) is 163 cm³/mol. The van der Waals surface area contributed by atoms with Gasteiger partial charge in [0, 0.05) is 42.5 Å². The number of nitrogens with zero attached hydrogens (tertiary/aromatic N) is 5. The van der Waals surface area contributed by atoms with Crippen LogP contribution in [-0.4, -0.2) is 74.4 Å². The number of aromatic nitrogens is 3. The molecule has 1 fully saturated rings. The first-order chi connectivity index (χ1) is 18.8. The lowest BCUT2D eigenvalue weighted by atomic mass is 9.93. The number of halogens is 1. The van der Waals surface area contributed by atoms with Gasteiger partial charge in [0.1, 0.15) is 10.7 Å². The molecule has 10 heteroatoms. The van der Waals surface area contributed by atoms with Crippen LogP contribution in [-0.2, 0) is 11.2 Å². The molecule has 0 saturated carbocycles. The van der Waals surface area contributed by atoms with Gasteiger partial charge in [-0.25, -0.2) is 15.0 Å². The van der Waals surface area contributed by atoms with Crippen molar-refractivity contribution in [1.29, 1.82) is 0 Å². The molecule has 0 unspecified atom stereocenters. The maximum Gasteiger partial charge on any atom is 0.307 e. The molecule has 2 aromatic carbocycles. The van der Waals surface area contributed by atoms with Crippen molar-refractivity contribution in [1.82, 2.24) is 19.9 Å². The van der Waals surface area contributed by atoms with E-state index in [-0.39, 0.29) is 6.42 Å². The van der Waals surface area contributed by atoms with Crippen LogP contribution in [0.25, 0.3) is 32.0 Å². The summed E-state index contributed by atoms with van der Waals surface area (Å²) in [6.07, 6.45) is 1.72. The first kappa shape index (κ1) is 29.9. The van der Waals surface area contributed by atoms with Crippen molar-refractivity contribution in [2.75, 3.05) is 31.6 Å². The predicted octanol–water partition coefficient (Wildman–Crippen LogP) is 5.93. The highest BCUT2D eigenvalue weighted by Crippen LogP contribution is 2.41. The number of anilines is 1. The van der Waals surface area contributed by atoms with Crippen LogP contribution in [0.1, 0.15) is 38.8 Å². The molecule has 0 bridgehead atoms. The van der Waals surface area contributed by atoms with Crippen LogP contribution in [0.15, 0.2) is 42.6 Å². The highest BCUT2D eigenvalue weighted by atomic mass is 35.5. The lowest BCUT2D eigenvalue weighted by Crippen LogP contribution is -2.51. The summed E-state index contributed by atoms with van der Waals surface area (Å²) in [4.78, 5) is 30.6. The zero-order chi connectivity index (χ0) is 29.2. The second-order valence-electron chi connectivity index (χ2n) is 11.2. The van der Waals surface area contributed by atoms with E-state index in [1.807, 2.05) is 43.3 Å². The summed E-state index contributed by atoms with van der Waals surface area (Å²) in [5.74, 6) is -0.155. The number of rotatable bonds is 5. The van der Waals surface area contributed by atoms with Gasteiger partial charge in [-0.2, -0.15) is 0 Å². The summed E-state index contributed by atoms with van der Waals surface area (Å²) in [6.45, 7) is 12.2. The van der Waals surface area contributed by atoms with Gasteiger partial charge in [-0.3, -0.25) is 4.79 Å². The number of carbonyl (C=O) groups is 1. The van der Waals surface area contributed by atoms with Gasteiger partial charge in [-0.1, -0.05) is 23.7 Å². The molecule has 212 valence electrons. The van der Waals surface area contributed by atoms with Gasteiger partial charge in [0.25, 0.3) is 0 Å². The summed E-state index contributed by atoms with van der Waals surface area (Å²) in [6, 6.07) is 11.7. The Bertz CT molecular complexity index is 1490. The van der Waals surface area contributed by atoms with Crippen LogP contribution in [0.2, 0.25) is 5.02 Å². The standard InChI is InChI=1S/C26H26ClN5O2S.C4H10O/c1-15-12-21-24(23(19(15)13-22(33)34)17-4-6-18(27)7-5-17)35-25(29-21)20-8-9-28-26(30-20)32-11-10-31(3)14-16(32)2;1-4(2,3)5/h4-9,12,16H,10-11,13-14H2,1-3H3,(H,33,34);5H,1-3H3/t16-;/m0./s1. The smallest absolute Gasteiger partial charge is 0.307 e. The molecule has 0 radical (unpaired) electrons. The van der Waals surface area contributed by atoms with Crippen molar-refractivity contribution in [3.63, 3.8) is 0 Å². The molecule has 0 spiro atoms. The third-order valence-electron chi connectivity index (χ3n) is 6.42. The highest BCUT2D eigenvalue weighted by Gasteiger charge is 2.25. The van der Waals surface area contributed by atoms with Crippen LogP contribution in [0, 0.1) is 6.92 Å². The minimum atomic E-state index is -0.867. The van der Waals surface area contributed by atoms with Gasteiger partial charge in [0.15, 0.2) is 0 Å². The maximum atomic E-state index is 11.7. The Kier molecular flexibility index (Phi) is 9.09. The highest BCUT2D eigenvalue weighted by molar-refractivity contribution is 7.22. The number of benzene rings is 2. The first-order valence-electron chi connectivity index (χ1n) is 13.2. The zero-order valence-electron chi connectivity index (χ0n) is 23.8. The van der Waals surface area contributed by atoms with Crippen molar-refractivity contribution in [2.24, 2.45) is 0 Å². The van der Waals surface area contributed by atoms with E-state index in [4.69, 9.17) is 26.7 Å². The summed E-state index contributed by atoms with van der Waals surface area (Å²) >= 11 is 7.66. The summed E-state index contributed by atoms with van der Waals surface area (Å²) < 4.78 is 0.942. The molecule has 0 amide bonds. The van der Waals surface area contributed by atoms with Crippen LogP contribution < -0.4 is 4.90 Å². The molecule has 1 aliphatic rings. The Hall–Kier alpha value is -3.11. The number of fused-ring (bicyclic) bond motifs is 1. The van der Waals surface area contributed by atoms with Gasteiger partial charge < -0.3 is 20.0 Å². The number of aryl methyl sites for hydroxylation is 1. The first-order valence-corrected chi connectivity index (χ1v) is 14.4. The molecular formula is C30H36ClN5O3S. The van der Waals surface area contributed by atoms with E-state index >= 15 is 0 Å². The number of aliphatic hydroxyl groups is 1. The Morgan fingerprint density at radius 3 is 2.45 bits per heavy atom. The number of aliphatic carboxylic acids is 1. The number of thiazole rings is 1. The van der Waals surface area contributed by atoms with Crippen LogP contribution in [0.4, 0.5) is 5.95 Å². The number of hydrogen-bond acceptors (Lipinski definition) is 8. The molecule has 1 atom stereocenters. The lowest BCUT2D eigenvalue weighted by molar-refractivity contribution is -0.136. The Labute approximate surface area is 244 Å². The Balaban J connectivity index is 0.000000681. The monoisotopic (exact) mass is 581 g/mol. The fourth-order valence-corrected chi connectivity index (χ4v) is 5.92. The number of hydrogen-bond donors (Lipinski definition) is 2. The summed E-state index contributed by atoms with van der Waals surface area (Å²) in [5, 5.41) is 19.5. The molecule has 4 aromatic rings. The summed E-state index contributed by atoms with van der Waals surface area (Å²) in [7, 11) is 2.13. The summed E-state index contributed by atoms with van der Waals surface area (Å²) in [5.41, 5.74) is 4.60. The van der Waals surface area contributed by atoms with E-state index < -0.39 is 11.6 Å². The zero-order valence-corrected chi connectivity index (χ0v) is 25.3. The van der Waals surface area contributed by atoms with Gasteiger partial charge in [0.05, 0.1) is 22.2 Å². The van der Waals surface area contributed by atoms with Crippen molar-refractivity contribution in [3.05, 3.63) is 58.7 Å². The lowest BCUT2D eigenvalue weighted by Gasteiger charge is -2.38. The van der Waals surface area contributed by atoms with Gasteiger partial charge in [-0.05, 0) is 82.6 Å². The minimum Gasteiger partial charge on any atom is -0.481 e. The van der Waals surface area contributed by atoms with Gasteiger partial charge >= 0.3 is 5.97 Å². The quantitative estimate of drug-likeness (QED) is 0.299. The molecule has 0 aliphatic carbocycles. The molecule has 3 heterocycles. The maximum absolute atomic E-state index is 11.7. The van der Waals surface area contributed by atoms with E-state index in [1.165, 1.54) is 11.3 Å². The van der Waals surface area contributed by atoms with Crippen molar-refractivity contribution >= 4 is 45.1 Å². The number of carboxylic acid groups (broad SMARTS) is 1. The van der Waals surface area contributed by atoms with Gasteiger partial charge in [-0.15, -0.1) is 11.3 Å². The molecular weight excluding hydrogens is 546 g/mol. The van der Waals surface area contributed by atoms with Crippen molar-refractivity contribution in [2.45, 2.75) is 52.7 Å². The van der Waals surface area contributed by atoms with Crippen LogP contribution in [0.3, 0.4) is 0 Å². The van der Waals surface area contributed by atoms with Crippen LogP contribution in [0.5, 0.6) is 0 Å². The Morgan fingerprint density at radius 1 is 1.15 bits per heavy atom. The molecule has 1 aliphatic heterocycles. The van der Waals surface area contributed by atoms with E-state index in [9.17, 15) is 9.90 Å². The normalized spacial score (nSPS) is 16.1. The van der Waals surface area contributed by atoms with E-state index in [1.54, 1.807) is 27.0 Å². The second kappa shape index (κ2) is 12.2. The Morgan fingerprint density at radius 2 is 1.82 bits per heavy atom. The second-order valence-corrected chi connectivity index (χ2v) is 12.6. The minimum absolute atomic E-state index is 0.0636. The van der Waals surface area contributed by atoms with Crippen LogP contribution >= 0.6 is 22.9 Å². The van der Waals surface area contributed by atoms with Crippen molar-refractivity contribution < 1.29 is 15.0 Å². The molecule has 5 rings (SSSR count). The molecule has 40 heavy (non-hydrogen) atoms. The number of piperazine rings is 1. The fraction of sp³-hybridized carbons (Fsp3) is 0.400. The molecule has 2 N–H and O–H groups in total. The van der Waals surface area contributed by atoms with Gasteiger partial charge in [0.2, 0.25) is 5.95 Å². The van der Waals surface area contributed by atoms with E-state index in [2.05, 4.69) is 28.8 Å². The average molecular weight is 582 g/mol. The topological polar surface area (TPSA) is 103 Å². The number of carboxylic acids is 1. The molecule has 1 saturated heterocycles. The van der Waals surface area contributed by atoms with E-state index in [0.717, 1.165) is 62.8 Å². The molecule has 8 nitrogen and oxygen atoms in total.